The van der Waals surface area contributed by atoms with Crippen molar-refractivity contribution in [3.8, 4) is 0 Å². The van der Waals surface area contributed by atoms with Crippen LogP contribution in [0.15, 0.2) is 24.3 Å². The summed E-state index contributed by atoms with van der Waals surface area (Å²) in [6, 6.07) is 8.74. The Bertz CT molecular complexity index is 447. The quantitative estimate of drug-likeness (QED) is 0.869. The molecule has 1 heterocycles. The van der Waals surface area contributed by atoms with Crippen molar-refractivity contribution in [3.63, 3.8) is 0 Å². The largest absolute Gasteiger partial charge is 0.325 e. The van der Waals surface area contributed by atoms with E-state index in [1.54, 1.807) is 0 Å². The fourth-order valence-corrected chi connectivity index (χ4v) is 2.43. The van der Waals surface area contributed by atoms with Gasteiger partial charge in [-0.25, -0.2) is 0 Å². The first-order chi connectivity index (χ1) is 9.04. The van der Waals surface area contributed by atoms with E-state index >= 15 is 0 Å². The lowest BCUT2D eigenvalue weighted by molar-refractivity contribution is -0.118. The van der Waals surface area contributed by atoms with Gasteiger partial charge in [0.2, 0.25) is 5.91 Å². The highest BCUT2D eigenvalue weighted by atomic mass is 16.2. The van der Waals surface area contributed by atoms with Gasteiger partial charge in [0.15, 0.2) is 0 Å². The Morgan fingerprint density at radius 1 is 1.47 bits per heavy atom. The van der Waals surface area contributed by atoms with Crippen molar-refractivity contribution in [1.82, 2.24) is 10.2 Å². The number of hydrogen-bond acceptors (Lipinski definition) is 3. The number of nitrogens with zero attached hydrogens (tertiary/aromatic N) is 1. The van der Waals surface area contributed by atoms with Gasteiger partial charge in [-0.05, 0) is 38.5 Å². The third-order valence-electron chi connectivity index (χ3n) is 3.54. The monoisotopic (exact) mass is 261 g/mol. The molecule has 2 rings (SSSR count). The average molecular weight is 261 g/mol. The smallest absolute Gasteiger partial charge is 0.238 e. The SMILES string of the molecule is Cc1cccc(NC(=O)CN2CC(C)NCC2C)c1. The summed E-state index contributed by atoms with van der Waals surface area (Å²) < 4.78 is 0. The molecule has 1 amide bonds. The molecule has 1 aliphatic heterocycles. The number of carbonyl (C=O) groups is 1. The van der Waals surface area contributed by atoms with Crippen LogP contribution in [0.5, 0.6) is 0 Å². The molecule has 0 aromatic heterocycles. The molecule has 0 aliphatic carbocycles. The fraction of sp³-hybridized carbons (Fsp3) is 0.533. The number of piperazine rings is 1. The van der Waals surface area contributed by atoms with Crippen LogP contribution in [0.25, 0.3) is 0 Å². The maximum absolute atomic E-state index is 12.1. The van der Waals surface area contributed by atoms with Gasteiger partial charge in [0, 0.05) is 30.9 Å². The van der Waals surface area contributed by atoms with Gasteiger partial charge in [-0.15, -0.1) is 0 Å². The van der Waals surface area contributed by atoms with E-state index in [-0.39, 0.29) is 5.91 Å². The molecule has 1 fully saturated rings. The maximum Gasteiger partial charge on any atom is 0.238 e. The van der Waals surface area contributed by atoms with E-state index < -0.39 is 0 Å². The number of anilines is 1. The summed E-state index contributed by atoms with van der Waals surface area (Å²) in [4.78, 5) is 14.3. The minimum absolute atomic E-state index is 0.0616. The van der Waals surface area contributed by atoms with Crippen LogP contribution in [0.3, 0.4) is 0 Å². The van der Waals surface area contributed by atoms with Crippen LogP contribution in [0.1, 0.15) is 19.4 Å². The van der Waals surface area contributed by atoms with Gasteiger partial charge in [0.05, 0.1) is 6.54 Å². The predicted molar refractivity (Wildman–Crippen MR) is 78.3 cm³/mol. The number of benzene rings is 1. The molecule has 1 aromatic carbocycles. The highest BCUT2D eigenvalue weighted by Crippen LogP contribution is 2.11. The average Bonchev–Trinajstić information content (AvgIpc) is 2.34. The Labute approximate surface area is 115 Å². The third-order valence-corrected chi connectivity index (χ3v) is 3.54. The number of hydrogen-bond donors (Lipinski definition) is 2. The second-order valence-electron chi connectivity index (χ2n) is 5.51. The van der Waals surface area contributed by atoms with E-state index in [0.717, 1.165) is 24.3 Å². The molecule has 19 heavy (non-hydrogen) atoms. The summed E-state index contributed by atoms with van der Waals surface area (Å²) in [5.41, 5.74) is 2.03. The molecule has 2 atom stereocenters. The van der Waals surface area contributed by atoms with Gasteiger partial charge in [-0.1, -0.05) is 12.1 Å². The van der Waals surface area contributed by atoms with Crippen molar-refractivity contribution in [3.05, 3.63) is 29.8 Å². The summed E-state index contributed by atoms with van der Waals surface area (Å²) in [7, 11) is 0. The molecule has 4 nitrogen and oxygen atoms in total. The number of rotatable bonds is 3. The fourth-order valence-electron chi connectivity index (χ4n) is 2.43. The van der Waals surface area contributed by atoms with Crippen LogP contribution in [0.4, 0.5) is 5.69 Å². The number of aryl methyl sites for hydroxylation is 1. The summed E-state index contributed by atoms with van der Waals surface area (Å²) >= 11 is 0. The Balaban J connectivity index is 1.90. The topological polar surface area (TPSA) is 44.4 Å². The normalized spacial score (nSPS) is 24.2. The van der Waals surface area contributed by atoms with E-state index in [4.69, 9.17) is 0 Å². The molecule has 0 bridgehead atoms. The Morgan fingerprint density at radius 2 is 2.26 bits per heavy atom. The second kappa shape index (κ2) is 6.17. The number of carbonyl (C=O) groups excluding carboxylic acids is 1. The summed E-state index contributed by atoms with van der Waals surface area (Å²) in [5.74, 6) is 0.0616. The molecular weight excluding hydrogens is 238 g/mol. The maximum atomic E-state index is 12.1. The van der Waals surface area contributed by atoms with Gasteiger partial charge in [0.1, 0.15) is 0 Å². The van der Waals surface area contributed by atoms with E-state index in [9.17, 15) is 4.79 Å². The minimum Gasteiger partial charge on any atom is -0.325 e. The zero-order valence-electron chi connectivity index (χ0n) is 11.9. The van der Waals surface area contributed by atoms with Crippen molar-refractivity contribution in [2.75, 3.05) is 25.0 Å². The van der Waals surface area contributed by atoms with Crippen molar-refractivity contribution in [2.45, 2.75) is 32.9 Å². The van der Waals surface area contributed by atoms with Crippen LogP contribution in [-0.2, 0) is 4.79 Å². The van der Waals surface area contributed by atoms with Crippen molar-refractivity contribution >= 4 is 11.6 Å². The van der Waals surface area contributed by atoms with Gasteiger partial charge in [-0.3, -0.25) is 9.69 Å². The van der Waals surface area contributed by atoms with E-state index in [2.05, 4.69) is 29.4 Å². The highest BCUT2D eigenvalue weighted by molar-refractivity contribution is 5.92. The first-order valence-electron chi connectivity index (χ1n) is 6.88. The molecular formula is C15H23N3O. The Kier molecular flexibility index (Phi) is 4.56. The lowest BCUT2D eigenvalue weighted by Crippen LogP contribution is -2.55. The van der Waals surface area contributed by atoms with Gasteiger partial charge < -0.3 is 10.6 Å². The van der Waals surface area contributed by atoms with Gasteiger partial charge in [-0.2, -0.15) is 0 Å². The zero-order chi connectivity index (χ0) is 13.8. The molecule has 0 spiro atoms. The first-order valence-corrected chi connectivity index (χ1v) is 6.88. The van der Waals surface area contributed by atoms with Gasteiger partial charge >= 0.3 is 0 Å². The first kappa shape index (κ1) is 14.0. The van der Waals surface area contributed by atoms with Crippen LogP contribution in [0.2, 0.25) is 0 Å². The summed E-state index contributed by atoms with van der Waals surface area (Å²) in [6.07, 6.45) is 0. The third kappa shape index (κ3) is 4.04. The molecule has 4 heteroatoms. The van der Waals surface area contributed by atoms with E-state index in [1.807, 2.05) is 31.2 Å². The molecule has 2 N–H and O–H groups in total. The molecule has 2 unspecified atom stereocenters. The molecule has 1 aliphatic rings. The van der Waals surface area contributed by atoms with E-state index in [0.29, 0.717) is 18.6 Å². The lowest BCUT2D eigenvalue weighted by Gasteiger charge is -2.36. The minimum atomic E-state index is 0.0616. The highest BCUT2D eigenvalue weighted by Gasteiger charge is 2.23. The molecule has 0 saturated carbocycles. The standard InChI is InChI=1S/C15H23N3O/c1-11-5-4-6-14(7-11)17-15(19)10-18-9-12(2)16-8-13(18)3/h4-7,12-13,16H,8-10H2,1-3H3,(H,17,19). The van der Waals surface area contributed by atoms with Crippen LogP contribution in [0, 0.1) is 6.92 Å². The molecule has 104 valence electrons. The van der Waals surface area contributed by atoms with Crippen LogP contribution in [-0.4, -0.2) is 42.5 Å². The number of nitrogens with one attached hydrogen (secondary N) is 2. The zero-order valence-corrected chi connectivity index (χ0v) is 11.9. The van der Waals surface area contributed by atoms with Crippen molar-refractivity contribution in [2.24, 2.45) is 0 Å². The second-order valence-corrected chi connectivity index (χ2v) is 5.51. The van der Waals surface area contributed by atoms with Crippen LogP contribution >= 0.6 is 0 Å². The number of amides is 1. The van der Waals surface area contributed by atoms with Crippen LogP contribution < -0.4 is 10.6 Å². The van der Waals surface area contributed by atoms with Crippen molar-refractivity contribution in [1.29, 1.82) is 0 Å². The Morgan fingerprint density at radius 3 is 3.00 bits per heavy atom. The Hall–Kier alpha value is -1.39. The van der Waals surface area contributed by atoms with Gasteiger partial charge in [0.25, 0.3) is 0 Å². The summed E-state index contributed by atoms with van der Waals surface area (Å²) in [6.45, 7) is 8.65. The van der Waals surface area contributed by atoms with E-state index in [1.165, 1.54) is 0 Å². The predicted octanol–water partition coefficient (Wildman–Crippen LogP) is 1.62. The summed E-state index contributed by atoms with van der Waals surface area (Å²) in [5, 5.41) is 6.38. The molecule has 0 radical (unpaired) electrons. The molecule has 1 aromatic rings. The lowest BCUT2D eigenvalue weighted by atomic mass is 10.1. The molecule has 1 saturated heterocycles. The van der Waals surface area contributed by atoms with Crippen molar-refractivity contribution < 1.29 is 4.79 Å².